The Bertz CT molecular complexity index is 316. The maximum atomic E-state index is 12.8. The lowest BCUT2D eigenvalue weighted by Crippen LogP contribution is -2.21. The topological polar surface area (TPSA) is 23.5 Å². The molecule has 1 fully saturated rings. The number of β-amino-alcohol motifs (C(OH)–C–C–N with tert-alkyl or cyclic N) is 1. The van der Waals surface area contributed by atoms with Gasteiger partial charge in [-0.3, -0.25) is 4.90 Å². The van der Waals surface area contributed by atoms with E-state index >= 15 is 0 Å². The van der Waals surface area contributed by atoms with Gasteiger partial charge in [0.25, 0.3) is 0 Å². The number of halogens is 1. The van der Waals surface area contributed by atoms with E-state index < -0.39 is 0 Å². The third-order valence-electron chi connectivity index (χ3n) is 2.54. The van der Waals surface area contributed by atoms with Crippen molar-refractivity contribution in [2.45, 2.75) is 19.1 Å². The van der Waals surface area contributed by atoms with Gasteiger partial charge in [-0.1, -0.05) is 12.1 Å². The Labute approximate surface area is 83.0 Å². The second-order valence-electron chi connectivity index (χ2n) is 3.81. The highest BCUT2D eigenvalue weighted by Crippen LogP contribution is 2.13. The van der Waals surface area contributed by atoms with Crippen LogP contribution in [-0.4, -0.2) is 29.2 Å². The van der Waals surface area contributed by atoms with E-state index in [1.807, 2.05) is 6.07 Å². The van der Waals surface area contributed by atoms with Crippen molar-refractivity contribution < 1.29 is 9.50 Å². The predicted molar refractivity (Wildman–Crippen MR) is 52.3 cm³/mol. The van der Waals surface area contributed by atoms with Crippen LogP contribution in [0.1, 0.15) is 12.0 Å². The van der Waals surface area contributed by atoms with Crippen molar-refractivity contribution in [3.8, 4) is 0 Å². The number of aliphatic hydroxyl groups excluding tert-OH is 1. The van der Waals surface area contributed by atoms with Gasteiger partial charge in [-0.05, 0) is 24.1 Å². The van der Waals surface area contributed by atoms with Gasteiger partial charge in [0.1, 0.15) is 5.82 Å². The second-order valence-corrected chi connectivity index (χ2v) is 3.81. The quantitative estimate of drug-likeness (QED) is 0.771. The fourth-order valence-electron chi connectivity index (χ4n) is 1.85. The van der Waals surface area contributed by atoms with E-state index in [4.69, 9.17) is 0 Å². The van der Waals surface area contributed by atoms with E-state index in [-0.39, 0.29) is 11.9 Å². The summed E-state index contributed by atoms with van der Waals surface area (Å²) < 4.78 is 12.8. The number of nitrogens with zero attached hydrogens (tertiary/aromatic N) is 1. The van der Waals surface area contributed by atoms with E-state index in [0.717, 1.165) is 25.1 Å². The lowest BCUT2D eigenvalue weighted by molar-refractivity contribution is 0.175. The van der Waals surface area contributed by atoms with Crippen molar-refractivity contribution in [2.75, 3.05) is 13.1 Å². The third-order valence-corrected chi connectivity index (χ3v) is 2.54. The Morgan fingerprint density at radius 1 is 1.50 bits per heavy atom. The summed E-state index contributed by atoms with van der Waals surface area (Å²) in [6.45, 7) is 2.34. The Kier molecular flexibility index (Phi) is 2.79. The monoisotopic (exact) mass is 195 g/mol. The van der Waals surface area contributed by atoms with E-state index in [2.05, 4.69) is 4.90 Å². The van der Waals surface area contributed by atoms with Gasteiger partial charge in [-0.25, -0.2) is 4.39 Å². The summed E-state index contributed by atoms with van der Waals surface area (Å²) in [5.74, 6) is -0.192. The van der Waals surface area contributed by atoms with Crippen LogP contribution in [0.5, 0.6) is 0 Å². The lowest BCUT2D eigenvalue weighted by atomic mass is 10.2. The Balaban J connectivity index is 1.97. The van der Waals surface area contributed by atoms with E-state index in [1.165, 1.54) is 6.07 Å². The lowest BCUT2D eigenvalue weighted by Gasteiger charge is -2.14. The first-order valence-corrected chi connectivity index (χ1v) is 4.89. The molecular weight excluding hydrogens is 181 g/mol. The summed E-state index contributed by atoms with van der Waals surface area (Å²) >= 11 is 0. The zero-order valence-electron chi connectivity index (χ0n) is 7.99. The molecule has 1 aromatic carbocycles. The van der Waals surface area contributed by atoms with Crippen LogP contribution in [0.2, 0.25) is 0 Å². The number of likely N-dealkylation sites (tertiary alicyclic amines) is 1. The number of benzene rings is 1. The first-order chi connectivity index (χ1) is 6.74. The van der Waals surface area contributed by atoms with Gasteiger partial charge in [0.2, 0.25) is 0 Å². The summed E-state index contributed by atoms with van der Waals surface area (Å²) in [6, 6.07) is 6.62. The van der Waals surface area contributed by atoms with Crippen molar-refractivity contribution >= 4 is 0 Å². The number of hydrogen-bond acceptors (Lipinski definition) is 2. The molecule has 2 nitrogen and oxygen atoms in total. The standard InChI is InChI=1S/C11H14FNO/c12-10-3-1-2-9(6-10)7-13-5-4-11(14)8-13/h1-3,6,11,14H,4-5,7-8H2/t11-/m1/s1. The molecule has 14 heavy (non-hydrogen) atoms. The van der Waals surface area contributed by atoms with Crippen LogP contribution in [0.3, 0.4) is 0 Å². The molecule has 0 bridgehead atoms. The van der Waals surface area contributed by atoms with Crippen LogP contribution >= 0.6 is 0 Å². The van der Waals surface area contributed by atoms with E-state index in [9.17, 15) is 9.50 Å². The van der Waals surface area contributed by atoms with Crippen LogP contribution < -0.4 is 0 Å². The fourth-order valence-corrected chi connectivity index (χ4v) is 1.85. The Morgan fingerprint density at radius 2 is 2.36 bits per heavy atom. The molecule has 1 saturated heterocycles. The number of rotatable bonds is 2. The summed E-state index contributed by atoms with van der Waals surface area (Å²) in [7, 11) is 0. The van der Waals surface area contributed by atoms with Crippen LogP contribution in [0.4, 0.5) is 4.39 Å². The second kappa shape index (κ2) is 4.07. The minimum absolute atomic E-state index is 0.192. The molecule has 0 aromatic heterocycles. The molecule has 0 unspecified atom stereocenters. The summed E-state index contributed by atoms with van der Waals surface area (Å²) in [5.41, 5.74) is 0.971. The molecule has 1 N–H and O–H groups in total. The van der Waals surface area contributed by atoms with Crippen molar-refractivity contribution in [1.29, 1.82) is 0 Å². The van der Waals surface area contributed by atoms with Gasteiger partial charge >= 0.3 is 0 Å². The zero-order valence-corrected chi connectivity index (χ0v) is 7.99. The van der Waals surface area contributed by atoms with Gasteiger partial charge in [-0.2, -0.15) is 0 Å². The summed E-state index contributed by atoms with van der Waals surface area (Å²) in [4.78, 5) is 2.14. The largest absolute Gasteiger partial charge is 0.392 e. The molecule has 1 aliphatic rings. The Hall–Kier alpha value is -0.930. The molecule has 1 atom stereocenters. The van der Waals surface area contributed by atoms with Crippen LogP contribution in [0.25, 0.3) is 0 Å². The van der Waals surface area contributed by atoms with Crippen LogP contribution in [0, 0.1) is 5.82 Å². The molecule has 1 aromatic rings. The molecule has 0 radical (unpaired) electrons. The van der Waals surface area contributed by atoms with Gasteiger partial charge in [0.05, 0.1) is 6.10 Å². The smallest absolute Gasteiger partial charge is 0.123 e. The molecule has 0 aliphatic carbocycles. The average molecular weight is 195 g/mol. The van der Waals surface area contributed by atoms with E-state index in [0.29, 0.717) is 6.54 Å². The van der Waals surface area contributed by atoms with Crippen molar-refractivity contribution in [2.24, 2.45) is 0 Å². The molecule has 0 saturated carbocycles. The maximum Gasteiger partial charge on any atom is 0.123 e. The summed E-state index contributed by atoms with van der Waals surface area (Å²) in [6.07, 6.45) is 0.624. The minimum atomic E-state index is -0.205. The van der Waals surface area contributed by atoms with E-state index in [1.54, 1.807) is 12.1 Å². The van der Waals surface area contributed by atoms with Crippen molar-refractivity contribution in [1.82, 2.24) is 4.90 Å². The minimum Gasteiger partial charge on any atom is -0.392 e. The molecule has 1 heterocycles. The average Bonchev–Trinajstić information content (AvgIpc) is 2.51. The molecule has 0 spiro atoms. The van der Waals surface area contributed by atoms with Crippen molar-refractivity contribution in [3.05, 3.63) is 35.6 Å². The number of aliphatic hydroxyl groups is 1. The molecule has 0 amide bonds. The molecule has 2 rings (SSSR count). The fraction of sp³-hybridized carbons (Fsp3) is 0.455. The van der Waals surface area contributed by atoms with Crippen molar-refractivity contribution in [3.63, 3.8) is 0 Å². The van der Waals surface area contributed by atoms with Gasteiger partial charge < -0.3 is 5.11 Å². The van der Waals surface area contributed by atoms with Gasteiger partial charge in [0.15, 0.2) is 0 Å². The number of hydrogen-bond donors (Lipinski definition) is 1. The molecule has 1 aliphatic heterocycles. The van der Waals surface area contributed by atoms with Gasteiger partial charge in [0, 0.05) is 19.6 Å². The predicted octanol–water partition coefficient (Wildman–Crippen LogP) is 1.39. The van der Waals surface area contributed by atoms with Crippen LogP contribution in [-0.2, 0) is 6.54 Å². The SMILES string of the molecule is O[C@@H]1CCN(Cc2cccc(F)c2)C1. The normalized spacial score (nSPS) is 22.9. The first-order valence-electron chi connectivity index (χ1n) is 4.89. The van der Waals surface area contributed by atoms with Gasteiger partial charge in [-0.15, -0.1) is 0 Å². The third kappa shape index (κ3) is 2.30. The Morgan fingerprint density at radius 3 is 3.00 bits per heavy atom. The van der Waals surface area contributed by atoms with Crippen LogP contribution in [0.15, 0.2) is 24.3 Å². The molecule has 76 valence electrons. The molecule has 3 heteroatoms. The molecular formula is C11H14FNO. The highest BCUT2D eigenvalue weighted by molar-refractivity contribution is 5.16. The highest BCUT2D eigenvalue weighted by atomic mass is 19.1. The summed E-state index contributed by atoms with van der Waals surface area (Å²) in [5, 5.41) is 9.32. The first kappa shape index (κ1) is 9.62. The maximum absolute atomic E-state index is 12.8. The highest BCUT2D eigenvalue weighted by Gasteiger charge is 2.19. The zero-order chi connectivity index (χ0) is 9.97.